The first-order valence-electron chi connectivity index (χ1n) is 10.8. The molecule has 0 saturated carbocycles. The molecule has 32 heavy (non-hydrogen) atoms. The van der Waals surface area contributed by atoms with E-state index in [1.54, 1.807) is 23.3 Å². The molecule has 166 valence electrons. The first-order chi connectivity index (χ1) is 15.5. The summed E-state index contributed by atoms with van der Waals surface area (Å²) in [6.07, 6.45) is 0.154. The molecule has 3 aromatic rings. The summed E-state index contributed by atoms with van der Waals surface area (Å²) in [6.45, 7) is 7.78. The fourth-order valence-electron chi connectivity index (χ4n) is 4.04. The highest BCUT2D eigenvalue weighted by Crippen LogP contribution is 2.34. The number of hydrogen-bond acceptors (Lipinski definition) is 6. The molecule has 2 aliphatic heterocycles. The third kappa shape index (κ3) is 4.77. The number of rotatable bonds is 6. The van der Waals surface area contributed by atoms with Crippen LogP contribution in [-0.4, -0.2) is 52.5 Å². The highest BCUT2D eigenvalue weighted by atomic mass is 32.2. The van der Waals surface area contributed by atoms with Crippen LogP contribution < -0.4 is 10.1 Å². The van der Waals surface area contributed by atoms with Crippen LogP contribution in [0.3, 0.4) is 0 Å². The lowest BCUT2D eigenvalue weighted by molar-refractivity contribution is 0.208. The van der Waals surface area contributed by atoms with Gasteiger partial charge in [0.15, 0.2) is 0 Å². The van der Waals surface area contributed by atoms with Gasteiger partial charge < -0.3 is 15.0 Å². The van der Waals surface area contributed by atoms with Crippen LogP contribution in [-0.2, 0) is 6.54 Å². The molecule has 0 fully saturated rings. The molecule has 3 heterocycles. The number of carbonyl (C=O) groups is 1. The van der Waals surface area contributed by atoms with Crippen molar-refractivity contribution in [2.24, 2.45) is 0 Å². The van der Waals surface area contributed by atoms with Gasteiger partial charge in [0.2, 0.25) is 0 Å². The number of hydrogen-bond donors (Lipinski definition) is 1. The third-order valence-electron chi connectivity index (χ3n) is 5.56. The number of amides is 2. The van der Waals surface area contributed by atoms with Crippen molar-refractivity contribution in [3.8, 4) is 5.75 Å². The number of nitrogens with zero attached hydrogens (tertiary/aromatic N) is 3. The van der Waals surface area contributed by atoms with Crippen LogP contribution in [0.4, 0.5) is 4.79 Å². The van der Waals surface area contributed by atoms with Crippen molar-refractivity contribution < 1.29 is 9.53 Å². The Morgan fingerprint density at radius 1 is 1.12 bits per heavy atom. The molecule has 2 aromatic carbocycles. The molecule has 8 heteroatoms. The van der Waals surface area contributed by atoms with E-state index in [1.165, 1.54) is 20.7 Å². The smallest absolute Gasteiger partial charge is 0.318 e. The molecule has 6 nitrogen and oxygen atoms in total. The van der Waals surface area contributed by atoms with E-state index >= 15 is 0 Å². The fraction of sp³-hybridized carbons (Fsp3) is 0.333. The number of fused-ring (bicyclic) bond motifs is 1. The average molecular weight is 467 g/mol. The minimum Gasteiger partial charge on any atom is -0.491 e. The van der Waals surface area contributed by atoms with E-state index in [-0.39, 0.29) is 12.1 Å². The van der Waals surface area contributed by atoms with Gasteiger partial charge in [0.05, 0.1) is 21.8 Å². The van der Waals surface area contributed by atoms with Crippen molar-refractivity contribution in [1.82, 2.24) is 19.5 Å². The van der Waals surface area contributed by atoms with Crippen molar-refractivity contribution >= 4 is 39.5 Å². The zero-order chi connectivity index (χ0) is 22.1. The largest absolute Gasteiger partial charge is 0.491 e. The number of carbonyl (C=O) groups excluding carboxylic acids is 1. The number of thiazole rings is 1. The Morgan fingerprint density at radius 3 is 2.59 bits per heavy atom. The van der Waals surface area contributed by atoms with E-state index in [1.807, 2.05) is 48.5 Å². The van der Waals surface area contributed by atoms with E-state index in [4.69, 9.17) is 4.74 Å². The predicted octanol–water partition coefficient (Wildman–Crippen LogP) is 4.93. The van der Waals surface area contributed by atoms with Gasteiger partial charge in [0.1, 0.15) is 5.75 Å². The quantitative estimate of drug-likeness (QED) is 0.412. The van der Waals surface area contributed by atoms with Gasteiger partial charge in [0, 0.05) is 37.6 Å². The van der Waals surface area contributed by atoms with E-state index in [2.05, 4.69) is 32.8 Å². The molecule has 1 N–H and O–H groups in total. The summed E-state index contributed by atoms with van der Waals surface area (Å²) in [5, 5.41) is 3.05. The molecule has 2 amide bonds. The van der Waals surface area contributed by atoms with E-state index in [9.17, 15) is 4.79 Å². The van der Waals surface area contributed by atoms with E-state index in [0.29, 0.717) is 19.6 Å². The van der Waals surface area contributed by atoms with Gasteiger partial charge in [-0.15, -0.1) is 11.3 Å². The van der Waals surface area contributed by atoms with Crippen LogP contribution in [0, 0.1) is 0 Å². The first-order valence-corrected chi connectivity index (χ1v) is 12.4. The predicted molar refractivity (Wildman–Crippen MR) is 130 cm³/mol. The maximum absolute atomic E-state index is 12.7. The van der Waals surface area contributed by atoms with Crippen LogP contribution in [0.15, 0.2) is 64.0 Å². The number of nitrogens with one attached hydrogen (secondary N) is 1. The number of urea groups is 1. The van der Waals surface area contributed by atoms with Crippen molar-refractivity contribution in [3.63, 3.8) is 0 Å². The zero-order valence-corrected chi connectivity index (χ0v) is 19.8. The lowest BCUT2D eigenvalue weighted by Gasteiger charge is -2.22. The Bertz CT molecular complexity index is 1140. The summed E-state index contributed by atoms with van der Waals surface area (Å²) in [4.78, 5) is 20.2. The van der Waals surface area contributed by atoms with Crippen molar-refractivity contribution in [2.75, 3.05) is 26.2 Å². The second-order valence-electron chi connectivity index (χ2n) is 8.40. The van der Waals surface area contributed by atoms with Crippen molar-refractivity contribution in [2.45, 2.75) is 31.4 Å². The highest BCUT2D eigenvalue weighted by molar-refractivity contribution is 7.97. The maximum atomic E-state index is 12.7. The van der Waals surface area contributed by atoms with E-state index < -0.39 is 0 Å². The van der Waals surface area contributed by atoms with Gasteiger partial charge in [-0.2, -0.15) is 0 Å². The van der Waals surface area contributed by atoms with Gasteiger partial charge in [-0.3, -0.25) is 0 Å². The molecular formula is C24H26N4O2S2. The molecule has 0 saturated heterocycles. The number of benzene rings is 2. The molecule has 0 unspecified atom stereocenters. The first kappa shape index (κ1) is 21.3. The second kappa shape index (κ2) is 9.13. The maximum Gasteiger partial charge on any atom is 0.318 e. The molecule has 0 atom stereocenters. The SMILES string of the molecule is CC(C)Oc1ccc(CNC(=O)N2CC3=C(CN(Sc4ccc5ncsc5c4)C3)C2)cc1. The Labute approximate surface area is 196 Å². The van der Waals surface area contributed by atoms with Gasteiger partial charge in [0.25, 0.3) is 0 Å². The molecule has 0 radical (unpaired) electrons. The minimum absolute atomic E-state index is 0.00300. The summed E-state index contributed by atoms with van der Waals surface area (Å²) in [7, 11) is 0. The summed E-state index contributed by atoms with van der Waals surface area (Å²) >= 11 is 3.46. The van der Waals surface area contributed by atoms with Gasteiger partial charge in [-0.05, 0) is 72.8 Å². The normalized spacial score (nSPS) is 16.3. The fourth-order valence-corrected chi connectivity index (χ4v) is 5.87. The highest BCUT2D eigenvalue weighted by Gasteiger charge is 2.32. The molecule has 5 rings (SSSR count). The Kier molecular flexibility index (Phi) is 6.08. The molecule has 0 spiro atoms. The summed E-state index contributed by atoms with van der Waals surface area (Å²) < 4.78 is 9.27. The van der Waals surface area contributed by atoms with Crippen LogP contribution in [0.1, 0.15) is 19.4 Å². The minimum atomic E-state index is -0.00300. The Balaban J connectivity index is 1.09. The van der Waals surface area contributed by atoms with Gasteiger partial charge >= 0.3 is 6.03 Å². The van der Waals surface area contributed by atoms with Crippen molar-refractivity contribution in [1.29, 1.82) is 0 Å². The molecule has 0 aliphatic carbocycles. The third-order valence-corrected chi connectivity index (χ3v) is 7.33. The van der Waals surface area contributed by atoms with Crippen LogP contribution in [0.25, 0.3) is 10.2 Å². The standard InChI is InChI=1S/C24H26N4O2S2/c1-16(2)30-20-5-3-17(4-6-20)10-25-24(29)27-11-18-13-28(14-19(18)12-27)32-21-7-8-22-23(9-21)31-15-26-22/h3-9,15-16H,10-14H2,1-2H3,(H,25,29). The van der Waals surface area contributed by atoms with Gasteiger partial charge in [-0.25, -0.2) is 14.1 Å². The Morgan fingerprint density at radius 2 is 1.88 bits per heavy atom. The summed E-state index contributed by atoms with van der Waals surface area (Å²) in [5.74, 6) is 0.852. The summed E-state index contributed by atoms with van der Waals surface area (Å²) in [6, 6.07) is 14.3. The van der Waals surface area contributed by atoms with Gasteiger partial charge in [-0.1, -0.05) is 12.1 Å². The average Bonchev–Trinajstić information content (AvgIpc) is 3.47. The number of ether oxygens (including phenoxy) is 1. The number of aromatic nitrogens is 1. The van der Waals surface area contributed by atoms with Crippen LogP contribution in [0.2, 0.25) is 0 Å². The van der Waals surface area contributed by atoms with Crippen LogP contribution >= 0.6 is 23.3 Å². The topological polar surface area (TPSA) is 57.7 Å². The van der Waals surface area contributed by atoms with Crippen LogP contribution in [0.5, 0.6) is 5.75 Å². The zero-order valence-electron chi connectivity index (χ0n) is 18.2. The summed E-state index contributed by atoms with van der Waals surface area (Å²) in [5.41, 5.74) is 6.77. The molecule has 1 aromatic heterocycles. The monoisotopic (exact) mass is 466 g/mol. The molecular weight excluding hydrogens is 440 g/mol. The molecule has 0 bridgehead atoms. The van der Waals surface area contributed by atoms with E-state index in [0.717, 1.165) is 29.9 Å². The molecule has 2 aliphatic rings. The van der Waals surface area contributed by atoms with Crippen molar-refractivity contribution in [3.05, 3.63) is 64.7 Å². The second-order valence-corrected chi connectivity index (χ2v) is 10.5. The lowest BCUT2D eigenvalue weighted by Crippen LogP contribution is -2.40. The Hall–Kier alpha value is -2.55. The lowest BCUT2D eigenvalue weighted by atomic mass is 10.2.